The second-order valence-electron chi connectivity index (χ2n) is 2.64. The van der Waals surface area contributed by atoms with Gasteiger partial charge >= 0.3 is 0 Å². The molecule has 0 aliphatic heterocycles. The molecule has 0 amide bonds. The maximum atomic E-state index is 9.46. The van der Waals surface area contributed by atoms with E-state index in [9.17, 15) is 5.11 Å². The van der Waals surface area contributed by atoms with E-state index in [0.29, 0.717) is 18.8 Å². The van der Waals surface area contributed by atoms with Crippen molar-refractivity contribution < 1.29 is 14.6 Å². The fourth-order valence-electron chi connectivity index (χ4n) is 1.16. The molecule has 0 bridgehead atoms. The van der Waals surface area contributed by atoms with Gasteiger partial charge in [-0.3, -0.25) is 0 Å². The fourth-order valence-corrected chi connectivity index (χ4v) is 1.16. The molecule has 0 heterocycles. The Morgan fingerprint density at radius 1 is 1.54 bits per heavy atom. The van der Waals surface area contributed by atoms with E-state index in [-0.39, 0.29) is 5.95 Å². The van der Waals surface area contributed by atoms with Crippen molar-refractivity contribution in [1.82, 2.24) is 0 Å². The van der Waals surface area contributed by atoms with E-state index >= 15 is 0 Å². The zero-order chi connectivity index (χ0) is 9.68. The molecule has 1 aliphatic rings. The minimum absolute atomic E-state index is 0.0282. The van der Waals surface area contributed by atoms with Crippen LogP contribution in [0.4, 0.5) is 0 Å². The van der Waals surface area contributed by atoms with E-state index in [1.807, 2.05) is 19.1 Å². The van der Waals surface area contributed by atoms with Gasteiger partial charge in [0.25, 0.3) is 5.95 Å². The molecule has 3 heteroatoms. The molecule has 0 saturated heterocycles. The molecule has 0 aromatic heterocycles. The van der Waals surface area contributed by atoms with Gasteiger partial charge in [-0.25, -0.2) is 0 Å². The van der Waals surface area contributed by atoms with Crippen LogP contribution in [0.25, 0.3) is 0 Å². The largest absolute Gasteiger partial charge is 0.481 e. The van der Waals surface area contributed by atoms with Gasteiger partial charge in [-0.2, -0.15) is 0 Å². The molecule has 0 radical (unpaired) electrons. The minimum atomic E-state index is -0.0282. The molecule has 13 heavy (non-hydrogen) atoms. The highest BCUT2D eigenvalue weighted by molar-refractivity contribution is 5.48. The maximum Gasteiger partial charge on any atom is 0.284 e. The first-order chi connectivity index (χ1) is 6.29. The normalized spacial score (nSPS) is 18.8. The SMILES string of the molecule is CCOC(O)=C1C=CC=C1COC. The number of rotatable bonds is 4. The Hall–Kier alpha value is -1.22. The predicted molar refractivity (Wildman–Crippen MR) is 50.4 cm³/mol. The molecule has 72 valence electrons. The zero-order valence-corrected chi connectivity index (χ0v) is 7.91. The molecule has 1 aliphatic carbocycles. The number of aliphatic hydroxyl groups is 1. The van der Waals surface area contributed by atoms with Gasteiger partial charge in [0.05, 0.1) is 18.8 Å². The lowest BCUT2D eigenvalue weighted by atomic mass is 10.1. The molecule has 0 atom stereocenters. The Labute approximate surface area is 78.0 Å². The van der Waals surface area contributed by atoms with E-state index < -0.39 is 0 Å². The zero-order valence-electron chi connectivity index (χ0n) is 7.91. The summed E-state index contributed by atoms with van der Waals surface area (Å²) in [4.78, 5) is 0. The summed E-state index contributed by atoms with van der Waals surface area (Å²) in [6.07, 6.45) is 5.56. The minimum Gasteiger partial charge on any atom is -0.481 e. The highest BCUT2D eigenvalue weighted by Crippen LogP contribution is 2.21. The topological polar surface area (TPSA) is 38.7 Å². The summed E-state index contributed by atoms with van der Waals surface area (Å²) in [6, 6.07) is 0. The van der Waals surface area contributed by atoms with Crippen LogP contribution in [0, 0.1) is 0 Å². The van der Waals surface area contributed by atoms with Gasteiger partial charge in [-0.15, -0.1) is 0 Å². The number of methoxy groups -OCH3 is 1. The van der Waals surface area contributed by atoms with E-state index in [1.54, 1.807) is 13.2 Å². The Kier molecular flexibility index (Phi) is 3.58. The number of ether oxygens (including phenoxy) is 2. The van der Waals surface area contributed by atoms with E-state index in [1.165, 1.54) is 0 Å². The first-order valence-corrected chi connectivity index (χ1v) is 4.22. The summed E-state index contributed by atoms with van der Waals surface area (Å²) < 4.78 is 9.97. The van der Waals surface area contributed by atoms with Gasteiger partial charge in [0.2, 0.25) is 0 Å². The van der Waals surface area contributed by atoms with Crippen LogP contribution in [0.15, 0.2) is 35.3 Å². The third kappa shape index (κ3) is 2.36. The van der Waals surface area contributed by atoms with Crippen LogP contribution in [0.3, 0.4) is 0 Å². The first kappa shape index (κ1) is 9.86. The smallest absolute Gasteiger partial charge is 0.284 e. The van der Waals surface area contributed by atoms with Gasteiger partial charge < -0.3 is 14.6 Å². The van der Waals surface area contributed by atoms with Crippen molar-refractivity contribution in [3.63, 3.8) is 0 Å². The van der Waals surface area contributed by atoms with Crippen LogP contribution < -0.4 is 0 Å². The summed E-state index contributed by atoms with van der Waals surface area (Å²) in [5.74, 6) is -0.0282. The molecule has 0 unspecified atom stereocenters. The second-order valence-corrected chi connectivity index (χ2v) is 2.64. The van der Waals surface area contributed by atoms with Crippen LogP contribution in [-0.4, -0.2) is 25.4 Å². The molecule has 0 aromatic rings. The molecule has 1 rings (SSSR count). The van der Waals surface area contributed by atoms with Crippen LogP contribution in [0.1, 0.15) is 6.92 Å². The Bertz CT molecular complexity index is 261. The number of hydrogen-bond acceptors (Lipinski definition) is 3. The van der Waals surface area contributed by atoms with Gasteiger partial charge in [0.1, 0.15) is 0 Å². The Balaban J connectivity index is 2.74. The average molecular weight is 182 g/mol. The molecule has 1 N–H and O–H groups in total. The third-order valence-corrected chi connectivity index (χ3v) is 1.72. The average Bonchev–Trinajstić information content (AvgIpc) is 2.54. The summed E-state index contributed by atoms with van der Waals surface area (Å²) in [5.41, 5.74) is 1.65. The number of aliphatic hydroxyl groups excluding tert-OH is 1. The second kappa shape index (κ2) is 4.72. The summed E-state index contributed by atoms with van der Waals surface area (Å²) in [6.45, 7) is 2.78. The van der Waals surface area contributed by atoms with Gasteiger partial charge in [0, 0.05) is 7.11 Å². The Morgan fingerprint density at radius 3 is 2.92 bits per heavy atom. The highest BCUT2D eigenvalue weighted by Gasteiger charge is 2.12. The first-order valence-electron chi connectivity index (χ1n) is 4.22. The third-order valence-electron chi connectivity index (χ3n) is 1.72. The summed E-state index contributed by atoms with van der Waals surface area (Å²) in [5, 5.41) is 9.46. The van der Waals surface area contributed by atoms with Crippen molar-refractivity contribution >= 4 is 0 Å². The van der Waals surface area contributed by atoms with Crippen molar-refractivity contribution in [1.29, 1.82) is 0 Å². The lowest BCUT2D eigenvalue weighted by Crippen LogP contribution is -2.00. The predicted octanol–water partition coefficient (Wildman–Crippen LogP) is 1.94. The van der Waals surface area contributed by atoms with E-state index in [4.69, 9.17) is 9.47 Å². The molecular weight excluding hydrogens is 168 g/mol. The van der Waals surface area contributed by atoms with E-state index in [0.717, 1.165) is 5.57 Å². The quantitative estimate of drug-likeness (QED) is 0.675. The number of hydrogen-bond donors (Lipinski definition) is 1. The Morgan fingerprint density at radius 2 is 2.31 bits per heavy atom. The molecule has 0 spiro atoms. The lowest BCUT2D eigenvalue weighted by molar-refractivity contribution is 0.0990. The maximum absolute atomic E-state index is 9.46. The van der Waals surface area contributed by atoms with Crippen molar-refractivity contribution in [2.75, 3.05) is 20.3 Å². The van der Waals surface area contributed by atoms with Crippen molar-refractivity contribution in [3.8, 4) is 0 Å². The van der Waals surface area contributed by atoms with Crippen molar-refractivity contribution in [2.45, 2.75) is 6.92 Å². The fraction of sp³-hybridized carbons (Fsp3) is 0.400. The van der Waals surface area contributed by atoms with Crippen LogP contribution in [0.2, 0.25) is 0 Å². The molecule has 0 saturated carbocycles. The van der Waals surface area contributed by atoms with Crippen molar-refractivity contribution in [3.05, 3.63) is 35.3 Å². The van der Waals surface area contributed by atoms with Gasteiger partial charge in [-0.05, 0) is 18.6 Å². The number of allylic oxidation sites excluding steroid dienone is 3. The van der Waals surface area contributed by atoms with Gasteiger partial charge in [0.15, 0.2) is 0 Å². The van der Waals surface area contributed by atoms with Crippen LogP contribution in [0.5, 0.6) is 0 Å². The lowest BCUT2D eigenvalue weighted by Gasteiger charge is -2.07. The van der Waals surface area contributed by atoms with Crippen molar-refractivity contribution in [2.24, 2.45) is 0 Å². The molecule has 0 fully saturated rings. The van der Waals surface area contributed by atoms with Crippen LogP contribution in [-0.2, 0) is 9.47 Å². The summed E-state index contributed by atoms with van der Waals surface area (Å²) >= 11 is 0. The molecular formula is C10H14O3. The molecule has 3 nitrogen and oxygen atoms in total. The molecule has 0 aromatic carbocycles. The van der Waals surface area contributed by atoms with E-state index in [2.05, 4.69) is 0 Å². The highest BCUT2D eigenvalue weighted by atomic mass is 16.6. The van der Waals surface area contributed by atoms with Gasteiger partial charge in [-0.1, -0.05) is 12.2 Å². The summed E-state index contributed by atoms with van der Waals surface area (Å²) in [7, 11) is 1.62. The van der Waals surface area contributed by atoms with Crippen LogP contribution >= 0.6 is 0 Å². The standard InChI is InChI=1S/C10H14O3/c1-3-13-10(11)9-6-4-5-8(9)7-12-2/h4-6,11H,3,7H2,1-2H3. The monoisotopic (exact) mass is 182 g/mol.